The van der Waals surface area contributed by atoms with E-state index in [0.717, 1.165) is 18.6 Å². The number of amides is 1. The van der Waals surface area contributed by atoms with E-state index in [1.54, 1.807) is 60.5 Å². The lowest BCUT2D eigenvalue weighted by Crippen LogP contribution is -2.42. The largest absolute Gasteiger partial charge is 0.497 e. The first-order valence-electron chi connectivity index (χ1n) is 8.32. The zero-order chi connectivity index (χ0) is 17.8. The van der Waals surface area contributed by atoms with Crippen LogP contribution in [0.3, 0.4) is 0 Å². The van der Waals surface area contributed by atoms with E-state index in [0.29, 0.717) is 29.2 Å². The third-order valence-electron chi connectivity index (χ3n) is 4.56. The van der Waals surface area contributed by atoms with Crippen molar-refractivity contribution in [2.24, 2.45) is 5.92 Å². The Bertz CT molecular complexity index is 773. The molecular weight excluding hydrogens is 338 g/mol. The van der Waals surface area contributed by atoms with Crippen LogP contribution in [0.5, 0.6) is 5.75 Å². The second kappa shape index (κ2) is 7.70. The molecule has 0 saturated carbocycles. The van der Waals surface area contributed by atoms with E-state index < -0.39 is 0 Å². The van der Waals surface area contributed by atoms with Gasteiger partial charge in [0, 0.05) is 24.6 Å². The van der Waals surface area contributed by atoms with Gasteiger partial charge in [0.05, 0.1) is 17.7 Å². The topological polar surface area (TPSA) is 46.6 Å². The molecule has 3 rings (SSSR count). The van der Waals surface area contributed by atoms with Gasteiger partial charge in [0.1, 0.15) is 5.75 Å². The Hall–Kier alpha value is -2.33. The van der Waals surface area contributed by atoms with Gasteiger partial charge in [-0.3, -0.25) is 9.59 Å². The SMILES string of the molecule is COc1ccc(C(=O)C2CCCN(C(=O)c3ccccc3Cl)C2)cc1. The standard InChI is InChI=1S/C20H20ClNO3/c1-25-16-10-8-14(9-11-16)19(23)15-5-4-12-22(13-15)20(24)17-6-2-3-7-18(17)21/h2-3,6-11,15H,4-5,12-13H2,1H3. The zero-order valence-electron chi connectivity index (χ0n) is 14.1. The van der Waals surface area contributed by atoms with E-state index in [-0.39, 0.29) is 17.6 Å². The van der Waals surface area contributed by atoms with Gasteiger partial charge in [-0.15, -0.1) is 0 Å². The molecule has 1 unspecified atom stereocenters. The first-order chi connectivity index (χ1) is 12.1. The summed E-state index contributed by atoms with van der Waals surface area (Å²) in [6.45, 7) is 1.07. The number of ether oxygens (including phenoxy) is 1. The third-order valence-corrected chi connectivity index (χ3v) is 4.89. The number of piperidine rings is 1. The van der Waals surface area contributed by atoms with E-state index in [9.17, 15) is 9.59 Å². The summed E-state index contributed by atoms with van der Waals surface area (Å²) in [5, 5.41) is 0.441. The van der Waals surface area contributed by atoms with Crippen molar-refractivity contribution in [1.82, 2.24) is 4.90 Å². The van der Waals surface area contributed by atoms with E-state index in [1.807, 2.05) is 0 Å². The van der Waals surface area contributed by atoms with Crippen LogP contribution < -0.4 is 4.74 Å². The maximum Gasteiger partial charge on any atom is 0.255 e. The van der Waals surface area contributed by atoms with Crippen molar-refractivity contribution in [2.75, 3.05) is 20.2 Å². The number of rotatable bonds is 4. The van der Waals surface area contributed by atoms with Crippen molar-refractivity contribution in [1.29, 1.82) is 0 Å². The first kappa shape index (κ1) is 17.5. The average molecular weight is 358 g/mol. The molecular formula is C20H20ClNO3. The highest BCUT2D eigenvalue weighted by Gasteiger charge is 2.30. The number of halogens is 1. The van der Waals surface area contributed by atoms with Crippen LogP contribution >= 0.6 is 11.6 Å². The number of nitrogens with zero attached hydrogens (tertiary/aromatic N) is 1. The van der Waals surface area contributed by atoms with Gasteiger partial charge < -0.3 is 9.64 Å². The number of carbonyl (C=O) groups is 2. The molecule has 0 aliphatic carbocycles. The molecule has 1 heterocycles. The van der Waals surface area contributed by atoms with E-state index in [2.05, 4.69) is 0 Å². The Morgan fingerprint density at radius 1 is 1.12 bits per heavy atom. The van der Waals surface area contributed by atoms with Crippen molar-refractivity contribution in [2.45, 2.75) is 12.8 Å². The Morgan fingerprint density at radius 2 is 1.84 bits per heavy atom. The molecule has 25 heavy (non-hydrogen) atoms. The van der Waals surface area contributed by atoms with Crippen LogP contribution in [0.1, 0.15) is 33.6 Å². The number of benzene rings is 2. The number of Topliss-reactive ketones (excluding diaryl/α,β-unsaturated/α-hetero) is 1. The molecule has 5 heteroatoms. The lowest BCUT2D eigenvalue weighted by atomic mass is 9.89. The highest BCUT2D eigenvalue weighted by molar-refractivity contribution is 6.33. The van der Waals surface area contributed by atoms with Gasteiger partial charge in [-0.2, -0.15) is 0 Å². The summed E-state index contributed by atoms with van der Waals surface area (Å²) >= 11 is 6.14. The lowest BCUT2D eigenvalue weighted by molar-refractivity contribution is 0.0637. The van der Waals surface area contributed by atoms with Crippen molar-refractivity contribution in [3.63, 3.8) is 0 Å². The van der Waals surface area contributed by atoms with Crippen LogP contribution in [0.15, 0.2) is 48.5 Å². The highest BCUT2D eigenvalue weighted by atomic mass is 35.5. The molecule has 0 bridgehead atoms. The van der Waals surface area contributed by atoms with Crippen molar-refractivity contribution >= 4 is 23.3 Å². The fourth-order valence-corrected chi connectivity index (χ4v) is 3.39. The van der Waals surface area contributed by atoms with Gasteiger partial charge in [-0.25, -0.2) is 0 Å². The maximum absolute atomic E-state index is 12.8. The van der Waals surface area contributed by atoms with Gasteiger partial charge in [0.25, 0.3) is 5.91 Å². The second-order valence-corrected chi connectivity index (χ2v) is 6.57. The minimum Gasteiger partial charge on any atom is -0.497 e. The molecule has 0 N–H and O–H groups in total. The molecule has 0 aromatic heterocycles. The fourth-order valence-electron chi connectivity index (χ4n) is 3.17. The molecule has 1 aliphatic rings. The molecule has 4 nitrogen and oxygen atoms in total. The van der Waals surface area contributed by atoms with E-state index in [4.69, 9.17) is 16.3 Å². The summed E-state index contributed by atoms with van der Waals surface area (Å²) in [5.41, 5.74) is 1.14. The van der Waals surface area contributed by atoms with Gasteiger partial charge in [0.2, 0.25) is 0 Å². The predicted molar refractivity (Wildman–Crippen MR) is 97.4 cm³/mol. The predicted octanol–water partition coefficient (Wildman–Crippen LogP) is 4.08. The molecule has 0 radical (unpaired) electrons. The van der Waals surface area contributed by atoms with Crippen LogP contribution in [0, 0.1) is 5.92 Å². The Morgan fingerprint density at radius 3 is 2.52 bits per heavy atom. The highest BCUT2D eigenvalue weighted by Crippen LogP contribution is 2.25. The summed E-state index contributed by atoms with van der Waals surface area (Å²) in [6.07, 6.45) is 1.60. The van der Waals surface area contributed by atoms with Crippen LogP contribution in [0.2, 0.25) is 5.02 Å². The van der Waals surface area contributed by atoms with Crippen molar-refractivity contribution < 1.29 is 14.3 Å². The lowest BCUT2D eigenvalue weighted by Gasteiger charge is -2.32. The molecule has 2 aromatic rings. The quantitative estimate of drug-likeness (QED) is 0.774. The molecule has 1 aliphatic heterocycles. The van der Waals surface area contributed by atoms with Gasteiger partial charge in [-0.1, -0.05) is 23.7 Å². The summed E-state index contributed by atoms with van der Waals surface area (Å²) in [7, 11) is 1.59. The number of carbonyl (C=O) groups excluding carboxylic acids is 2. The number of ketones is 1. The summed E-state index contributed by atoms with van der Waals surface area (Å²) in [4.78, 5) is 27.2. The first-order valence-corrected chi connectivity index (χ1v) is 8.70. The monoisotopic (exact) mass is 357 g/mol. The minimum atomic E-state index is -0.186. The number of hydrogen-bond acceptors (Lipinski definition) is 3. The Labute approximate surface area is 152 Å². The molecule has 1 amide bonds. The average Bonchev–Trinajstić information content (AvgIpc) is 2.67. The summed E-state index contributed by atoms with van der Waals surface area (Å²) in [6, 6.07) is 14.1. The molecule has 130 valence electrons. The number of hydrogen-bond donors (Lipinski definition) is 0. The molecule has 0 spiro atoms. The molecule has 1 fully saturated rings. The van der Waals surface area contributed by atoms with Crippen LogP contribution in [0.25, 0.3) is 0 Å². The maximum atomic E-state index is 12.8. The zero-order valence-corrected chi connectivity index (χ0v) is 14.8. The van der Waals surface area contributed by atoms with Crippen LogP contribution in [-0.2, 0) is 0 Å². The fraction of sp³-hybridized carbons (Fsp3) is 0.300. The molecule has 1 saturated heterocycles. The Kier molecular flexibility index (Phi) is 5.39. The summed E-state index contributed by atoms with van der Waals surface area (Å²) < 4.78 is 5.13. The van der Waals surface area contributed by atoms with Crippen LogP contribution in [-0.4, -0.2) is 36.8 Å². The van der Waals surface area contributed by atoms with E-state index >= 15 is 0 Å². The number of methoxy groups -OCH3 is 1. The van der Waals surface area contributed by atoms with Gasteiger partial charge in [-0.05, 0) is 49.2 Å². The summed E-state index contributed by atoms with van der Waals surface area (Å²) in [5.74, 6) is 0.487. The van der Waals surface area contributed by atoms with Crippen molar-refractivity contribution in [3.05, 3.63) is 64.7 Å². The molecule has 1 atom stereocenters. The van der Waals surface area contributed by atoms with Crippen molar-refractivity contribution in [3.8, 4) is 5.75 Å². The van der Waals surface area contributed by atoms with E-state index in [1.165, 1.54) is 0 Å². The van der Waals surface area contributed by atoms with Gasteiger partial charge >= 0.3 is 0 Å². The smallest absolute Gasteiger partial charge is 0.255 e. The normalized spacial score (nSPS) is 17.2. The Balaban J connectivity index is 1.73. The second-order valence-electron chi connectivity index (χ2n) is 6.16. The minimum absolute atomic E-state index is 0.0688. The van der Waals surface area contributed by atoms with Crippen LogP contribution in [0.4, 0.5) is 0 Å². The number of likely N-dealkylation sites (tertiary alicyclic amines) is 1. The van der Waals surface area contributed by atoms with Gasteiger partial charge in [0.15, 0.2) is 5.78 Å². The third kappa shape index (κ3) is 3.85. The molecule has 2 aromatic carbocycles.